The smallest absolute Gasteiger partial charge is 0.351 e. The van der Waals surface area contributed by atoms with Gasteiger partial charge in [-0.15, -0.1) is 0 Å². The van der Waals surface area contributed by atoms with E-state index in [1.54, 1.807) is 0 Å². The molecule has 0 fully saturated rings. The molecule has 2 unspecified atom stereocenters. The van der Waals surface area contributed by atoms with Crippen molar-refractivity contribution in [2.75, 3.05) is 27.4 Å². The molecule has 0 aromatic rings. The van der Waals surface area contributed by atoms with Crippen LogP contribution in [0.2, 0.25) is 0 Å². The second-order valence-electron chi connectivity index (χ2n) is 3.63. The first kappa shape index (κ1) is 15.8. The standard InChI is InChI=1S/C12H16O8/c1-16-11-4-10(12(15)17-2)19-8(5-13)3-9(20-11)6-18-7-14/h3-4,7,9-10,13H,5-6H2,1-2H3. The first-order valence-corrected chi connectivity index (χ1v) is 5.68. The fraction of sp³-hybridized carbons (Fsp3) is 0.500. The number of hydrogen-bond acceptors (Lipinski definition) is 8. The van der Waals surface area contributed by atoms with Crippen LogP contribution < -0.4 is 0 Å². The molecule has 8 nitrogen and oxygen atoms in total. The number of carbonyl (C=O) groups excluding carboxylic acids is 2. The summed E-state index contributed by atoms with van der Waals surface area (Å²) in [6.45, 7) is -0.284. The van der Waals surface area contributed by atoms with E-state index in [0.717, 1.165) is 0 Å². The Hall–Kier alpha value is -2.22. The van der Waals surface area contributed by atoms with Crippen LogP contribution in [0.1, 0.15) is 0 Å². The van der Waals surface area contributed by atoms with Crippen LogP contribution in [0.4, 0.5) is 0 Å². The Morgan fingerprint density at radius 2 is 2.15 bits per heavy atom. The lowest BCUT2D eigenvalue weighted by Gasteiger charge is -2.23. The maximum Gasteiger partial charge on any atom is 0.351 e. The van der Waals surface area contributed by atoms with E-state index in [1.807, 2.05) is 0 Å². The fourth-order valence-corrected chi connectivity index (χ4v) is 1.44. The number of ether oxygens (including phenoxy) is 5. The van der Waals surface area contributed by atoms with Gasteiger partial charge in [-0.2, -0.15) is 0 Å². The zero-order valence-corrected chi connectivity index (χ0v) is 11.1. The van der Waals surface area contributed by atoms with Gasteiger partial charge in [0.1, 0.15) is 19.0 Å². The largest absolute Gasteiger partial charge is 0.476 e. The summed E-state index contributed by atoms with van der Waals surface area (Å²) in [5, 5.41) is 9.18. The monoisotopic (exact) mass is 288 g/mol. The van der Waals surface area contributed by atoms with Crippen molar-refractivity contribution in [1.82, 2.24) is 0 Å². The van der Waals surface area contributed by atoms with Crippen LogP contribution in [0.25, 0.3) is 0 Å². The molecule has 1 heterocycles. The first-order chi connectivity index (χ1) is 9.64. The number of aliphatic hydroxyl groups is 1. The van der Waals surface area contributed by atoms with Crippen LogP contribution >= 0.6 is 0 Å². The van der Waals surface area contributed by atoms with Gasteiger partial charge in [-0.1, -0.05) is 0 Å². The Balaban J connectivity index is 2.95. The van der Waals surface area contributed by atoms with Gasteiger partial charge in [0.25, 0.3) is 12.4 Å². The molecule has 0 saturated heterocycles. The Labute approximate surface area is 115 Å². The maximum absolute atomic E-state index is 11.5. The summed E-state index contributed by atoms with van der Waals surface area (Å²) in [5.74, 6) is -0.579. The van der Waals surface area contributed by atoms with Gasteiger partial charge in [-0.05, 0) is 6.08 Å². The van der Waals surface area contributed by atoms with Crippen molar-refractivity contribution in [3.05, 3.63) is 23.9 Å². The van der Waals surface area contributed by atoms with E-state index in [0.29, 0.717) is 0 Å². The van der Waals surface area contributed by atoms with Crippen molar-refractivity contribution < 1.29 is 38.4 Å². The highest BCUT2D eigenvalue weighted by atomic mass is 16.7. The molecule has 0 bridgehead atoms. The normalized spacial score (nSPS) is 21.9. The Bertz CT molecular complexity index is 400. The van der Waals surface area contributed by atoms with Crippen molar-refractivity contribution in [3.63, 3.8) is 0 Å². The minimum absolute atomic E-state index is 0.00754. The summed E-state index contributed by atoms with van der Waals surface area (Å²) in [4.78, 5) is 21.7. The number of hydrogen-bond donors (Lipinski definition) is 1. The minimum atomic E-state index is -1.11. The summed E-state index contributed by atoms with van der Waals surface area (Å²) < 4.78 is 24.8. The molecule has 0 saturated carbocycles. The lowest BCUT2D eigenvalue weighted by atomic mass is 10.2. The molecule has 1 rings (SSSR count). The predicted molar refractivity (Wildman–Crippen MR) is 64.0 cm³/mol. The van der Waals surface area contributed by atoms with Gasteiger partial charge >= 0.3 is 5.97 Å². The van der Waals surface area contributed by atoms with Gasteiger partial charge in [0, 0.05) is 6.08 Å². The highest BCUT2D eigenvalue weighted by molar-refractivity contribution is 5.77. The number of aliphatic hydroxyl groups excluding tert-OH is 1. The van der Waals surface area contributed by atoms with Crippen molar-refractivity contribution in [2.24, 2.45) is 0 Å². The molecule has 0 spiro atoms. The average molecular weight is 288 g/mol. The van der Waals surface area contributed by atoms with E-state index in [-0.39, 0.29) is 24.8 Å². The van der Waals surface area contributed by atoms with Crippen molar-refractivity contribution >= 4 is 12.4 Å². The SMILES string of the molecule is COC(=O)C1C=C(OC)OC(COC=O)C=C(CO)O1. The third-order valence-corrected chi connectivity index (χ3v) is 2.32. The minimum Gasteiger partial charge on any atom is -0.476 e. The van der Waals surface area contributed by atoms with Crippen LogP contribution in [0.5, 0.6) is 0 Å². The predicted octanol–water partition coefficient (Wildman–Crippen LogP) is -0.520. The van der Waals surface area contributed by atoms with E-state index in [1.165, 1.54) is 26.4 Å². The van der Waals surface area contributed by atoms with Gasteiger partial charge in [-0.3, -0.25) is 4.79 Å². The van der Waals surface area contributed by atoms with Crippen molar-refractivity contribution in [1.29, 1.82) is 0 Å². The van der Waals surface area contributed by atoms with E-state index in [2.05, 4.69) is 9.47 Å². The molecule has 8 heteroatoms. The van der Waals surface area contributed by atoms with Gasteiger partial charge in [0.15, 0.2) is 6.10 Å². The summed E-state index contributed by atoms with van der Waals surface area (Å²) in [6, 6.07) is 0. The van der Waals surface area contributed by atoms with Crippen LogP contribution in [-0.2, 0) is 33.3 Å². The molecule has 0 radical (unpaired) electrons. The fourth-order valence-electron chi connectivity index (χ4n) is 1.44. The van der Waals surface area contributed by atoms with E-state index in [9.17, 15) is 14.7 Å². The zero-order chi connectivity index (χ0) is 15.0. The third kappa shape index (κ3) is 4.47. The Kier molecular flexibility index (Phi) is 6.38. The average Bonchev–Trinajstić information content (AvgIpc) is 2.45. The third-order valence-electron chi connectivity index (χ3n) is 2.32. The lowest BCUT2D eigenvalue weighted by molar-refractivity contribution is -0.149. The van der Waals surface area contributed by atoms with Gasteiger partial charge in [-0.25, -0.2) is 4.79 Å². The first-order valence-electron chi connectivity index (χ1n) is 5.68. The number of esters is 1. The van der Waals surface area contributed by atoms with E-state index in [4.69, 9.17) is 14.2 Å². The quantitative estimate of drug-likeness (QED) is 0.515. The van der Waals surface area contributed by atoms with Crippen molar-refractivity contribution in [2.45, 2.75) is 12.2 Å². The van der Waals surface area contributed by atoms with Gasteiger partial charge in [0.2, 0.25) is 6.10 Å². The molecule has 2 atom stereocenters. The second kappa shape index (κ2) is 8.05. The second-order valence-corrected chi connectivity index (χ2v) is 3.63. The van der Waals surface area contributed by atoms with Crippen molar-refractivity contribution in [3.8, 4) is 0 Å². The van der Waals surface area contributed by atoms with Crippen LogP contribution in [0.15, 0.2) is 23.9 Å². The molecule has 0 aromatic heterocycles. The number of carbonyl (C=O) groups is 2. The highest BCUT2D eigenvalue weighted by Crippen LogP contribution is 2.17. The molecule has 0 aromatic carbocycles. The zero-order valence-electron chi connectivity index (χ0n) is 11.1. The molecular formula is C12H16O8. The van der Waals surface area contributed by atoms with Crippen LogP contribution in [-0.4, -0.2) is 57.2 Å². The molecule has 112 valence electrons. The maximum atomic E-state index is 11.5. The Morgan fingerprint density at radius 1 is 1.40 bits per heavy atom. The number of methoxy groups -OCH3 is 2. The van der Waals surface area contributed by atoms with Crippen LogP contribution in [0.3, 0.4) is 0 Å². The summed E-state index contributed by atoms with van der Waals surface area (Å²) in [7, 11) is 2.55. The van der Waals surface area contributed by atoms with Crippen LogP contribution in [0, 0.1) is 0 Å². The summed E-state index contributed by atoms with van der Waals surface area (Å²) in [6.07, 6.45) is 0.807. The lowest BCUT2D eigenvalue weighted by Crippen LogP contribution is -2.29. The number of rotatable bonds is 6. The van der Waals surface area contributed by atoms with Gasteiger partial charge in [0.05, 0.1) is 14.2 Å². The molecule has 0 amide bonds. The molecule has 0 aliphatic carbocycles. The topological polar surface area (TPSA) is 101 Å². The molecule has 1 N–H and O–H groups in total. The molecular weight excluding hydrogens is 272 g/mol. The van der Waals surface area contributed by atoms with E-state index < -0.39 is 24.8 Å². The molecule has 20 heavy (non-hydrogen) atoms. The molecule has 1 aliphatic heterocycles. The summed E-state index contributed by atoms with van der Waals surface area (Å²) in [5.41, 5.74) is 0. The Morgan fingerprint density at radius 3 is 2.70 bits per heavy atom. The van der Waals surface area contributed by atoms with Gasteiger partial charge < -0.3 is 28.8 Å². The highest BCUT2D eigenvalue weighted by Gasteiger charge is 2.26. The summed E-state index contributed by atoms with van der Waals surface area (Å²) >= 11 is 0. The van der Waals surface area contributed by atoms with E-state index >= 15 is 0 Å². The molecule has 1 aliphatic rings.